The minimum Gasteiger partial charge on any atom is -0.357 e. The van der Waals surface area contributed by atoms with Crippen molar-refractivity contribution in [2.45, 2.75) is 51.4 Å². The van der Waals surface area contributed by atoms with Crippen molar-refractivity contribution in [3.63, 3.8) is 0 Å². The highest BCUT2D eigenvalue weighted by Gasteiger charge is 2.42. The predicted molar refractivity (Wildman–Crippen MR) is 102 cm³/mol. The summed E-state index contributed by atoms with van der Waals surface area (Å²) < 4.78 is 39.1. The van der Waals surface area contributed by atoms with E-state index in [1.54, 1.807) is 0 Å². The van der Waals surface area contributed by atoms with Crippen LogP contribution >= 0.6 is 0 Å². The Morgan fingerprint density at radius 3 is 2.89 bits per heavy atom. The first-order valence-electron chi connectivity index (χ1n) is 9.52. The Kier molecular flexibility index (Phi) is 6.53. The second-order valence-corrected chi connectivity index (χ2v) is 6.98. The minimum atomic E-state index is -4.13. The van der Waals surface area contributed by atoms with Crippen LogP contribution in [0, 0.1) is 5.92 Å². The number of hydrogen-bond donors (Lipinski definition) is 3. The van der Waals surface area contributed by atoms with E-state index in [0.29, 0.717) is 31.3 Å². The maximum absolute atomic E-state index is 13.0. The molecule has 2 aromatic rings. The number of halogens is 3. The second-order valence-electron chi connectivity index (χ2n) is 6.98. The van der Waals surface area contributed by atoms with Crippen molar-refractivity contribution >= 4 is 5.96 Å². The Hall–Kier alpha value is -2.58. The van der Waals surface area contributed by atoms with Gasteiger partial charge in [-0.05, 0) is 37.8 Å². The Labute approximate surface area is 162 Å². The van der Waals surface area contributed by atoms with E-state index >= 15 is 0 Å². The van der Waals surface area contributed by atoms with Gasteiger partial charge >= 0.3 is 6.18 Å². The van der Waals surface area contributed by atoms with E-state index < -0.39 is 12.1 Å². The number of nitrogens with zero attached hydrogens (tertiary/aromatic N) is 3. The monoisotopic (exact) mass is 394 g/mol. The molecule has 0 bridgehead atoms. The van der Waals surface area contributed by atoms with Crippen molar-refractivity contribution in [1.82, 2.24) is 25.8 Å². The first-order valence-corrected chi connectivity index (χ1v) is 9.52. The second kappa shape index (κ2) is 9.07. The van der Waals surface area contributed by atoms with Crippen molar-refractivity contribution < 1.29 is 13.2 Å². The summed E-state index contributed by atoms with van der Waals surface area (Å²) >= 11 is 0. The maximum atomic E-state index is 13.0. The lowest BCUT2D eigenvalue weighted by atomic mass is 9.85. The number of aromatic amines is 1. The predicted octanol–water partition coefficient (Wildman–Crippen LogP) is 3.65. The van der Waals surface area contributed by atoms with Crippen molar-refractivity contribution in [3.8, 4) is 11.4 Å². The fourth-order valence-electron chi connectivity index (χ4n) is 3.46. The Bertz CT molecular complexity index is 772. The van der Waals surface area contributed by atoms with Crippen LogP contribution in [0.15, 0.2) is 35.6 Å². The first-order chi connectivity index (χ1) is 13.5. The molecular formula is C19H25F3N6. The zero-order chi connectivity index (χ0) is 20.0. The van der Waals surface area contributed by atoms with Gasteiger partial charge in [-0.3, -0.25) is 5.10 Å². The maximum Gasteiger partial charge on any atom is 0.391 e. The summed E-state index contributed by atoms with van der Waals surface area (Å²) in [5.74, 6) is -0.0168. The normalized spacial score (nSPS) is 20.8. The van der Waals surface area contributed by atoms with Gasteiger partial charge in [0.15, 0.2) is 11.8 Å². The van der Waals surface area contributed by atoms with Gasteiger partial charge in [0.1, 0.15) is 6.33 Å². The summed E-state index contributed by atoms with van der Waals surface area (Å²) in [5.41, 5.74) is 1.88. The number of benzene rings is 1. The molecule has 0 spiro atoms. The van der Waals surface area contributed by atoms with Gasteiger partial charge < -0.3 is 10.6 Å². The minimum absolute atomic E-state index is 0.0922. The Morgan fingerprint density at radius 1 is 1.32 bits per heavy atom. The Balaban J connectivity index is 1.65. The molecule has 1 fully saturated rings. The van der Waals surface area contributed by atoms with Gasteiger partial charge in [-0.15, -0.1) is 0 Å². The van der Waals surface area contributed by atoms with Crippen LogP contribution in [-0.2, 0) is 6.54 Å². The molecule has 28 heavy (non-hydrogen) atoms. The molecule has 0 aliphatic heterocycles. The fraction of sp³-hybridized carbons (Fsp3) is 0.526. The smallest absolute Gasteiger partial charge is 0.357 e. The highest BCUT2D eigenvalue weighted by atomic mass is 19.4. The average Bonchev–Trinajstić information content (AvgIpc) is 3.21. The standard InChI is InChI=1S/C19H25F3N6/c1-2-23-18(27-16-8-4-7-15(10-16)19(20,21)22)24-11-13-5-3-6-14(9-13)17-25-12-26-28-17/h3,5-6,9,12,15-16H,2,4,7-8,10-11H2,1H3,(H2,23,24,27)(H,25,26,28). The lowest BCUT2D eigenvalue weighted by Gasteiger charge is -2.31. The molecule has 1 aromatic heterocycles. The third-order valence-electron chi connectivity index (χ3n) is 4.86. The average molecular weight is 394 g/mol. The number of H-pyrrole nitrogens is 1. The number of nitrogens with one attached hydrogen (secondary N) is 3. The van der Waals surface area contributed by atoms with E-state index in [4.69, 9.17) is 0 Å². The first kappa shape index (κ1) is 20.2. The molecule has 1 saturated carbocycles. The molecule has 6 nitrogen and oxygen atoms in total. The molecule has 0 radical (unpaired) electrons. The summed E-state index contributed by atoms with van der Waals surface area (Å²) in [4.78, 5) is 8.69. The molecule has 3 N–H and O–H groups in total. The number of aliphatic imine (C=N–C) groups is 1. The van der Waals surface area contributed by atoms with E-state index in [9.17, 15) is 13.2 Å². The number of alkyl halides is 3. The van der Waals surface area contributed by atoms with Crippen molar-refractivity contribution in [2.24, 2.45) is 10.9 Å². The van der Waals surface area contributed by atoms with Gasteiger partial charge in [-0.25, -0.2) is 9.98 Å². The summed E-state index contributed by atoms with van der Waals surface area (Å²) in [6.45, 7) is 2.98. The molecule has 1 aliphatic rings. The summed E-state index contributed by atoms with van der Waals surface area (Å²) in [6, 6.07) is 7.54. The van der Waals surface area contributed by atoms with E-state index in [2.05, 4.69) is 30.8 Å². The van der Waals surface area contributed by atoms with Gasteiger partial charge in [-0.2, -0.15) is 18.3 Å². The largest absolute Gasteiger partial charge is 0.391 e. The van der Waals surface area contributed by atoms with E-state index in [1.807, 2.05) is 31.2 Å². The van der Waals surface area contributed by atoms with Gasteiger partial charge in [0.05, 0.1) is 12.5 Å². The highest BCUT2D eigenvalue weighted by Crippen LogP contribution is 2.37. The molecule has 1 aliphatic carbocycles. The fourth-order valence-corrected chi connectivity index (χ4v) is 3.46. The van der Waals surface area contributed by atoms with Crippen molar-refractivity contribution in [3.05, 3.63) is 36.2 Å². The van der Waals surface area contributed by atoms with Crippen LogP contribution in [0.5, 0.6) is 0 Å². The third kappa shape index (κ3) is 5.46. The van der Waals surface area contributed by atoms with Crippen LogP contribution in [0.3, 0.4) is 0 Å². The molecule has 9 heteroatoms. The topological polar surface area (TPSA) is 78.0 Å². The van der Waals surface area contributed by atoms with Gasteiger partial charge in [0.2, 0.25) is 0 Å². The number of rotatable bonds is 5. The molecule has 0 saturated heterocycles. The molecule has 0 amide bonds. The van der Waals surface area contributed by atoms with Crippen LogP contribution in [0.2, 0.25) is 0 Å². The van der Waals surface area contributed by atoms with Gasteiger partial charge in [-0.1, -0.05) is 24.6 Å². The lowest BCUT2D eigenvalue weighted by Crippen LogP contribution is -2.46. The summed E-state index contributed by atoms with van der Waals surface area (Å²) in [7, 11) is 0. The lowest BCUT2D eigenvalue weighted by molar-refractivity contribution is -0.183. The molecule has 1 aromatic carbocycles. The van der Waals surface area contributed by atoms with E-state index in [-0.39, 0.29) is 18.9 Å². The van der Waals surface area contributed by atoms with Crippen LogP contribution in [-0.4, -0.2) is 39.9 Å². The van der Waals surface area contributed by atoms with Crippen LogP contribution in [0.25, 0.3) is 11.4 Å². The van der Waals surface area contributed by atoms with Crippen LogP contribution < -0.4 is 10.6 Å². The van der Waals surface area contributed by atoms with E-state index in [0.717, 1.165) is 17.5 Å². The molecule has 152 valence electrons. The number of aromatic nitrogens is 3. The van der Waals surface area contributed by atoms with Gasteiger partial charge in [0.25, 0.3) is 0 Å². The molecule has 2 atom stereocenters. The Morgan fingerprint density at radius 2 is 2.18 bits per heavy atom. The zero-order valence-corrected chi connectivity index (χ0v) is 15.8. The van der Waals surface area contributed by atoms with Crippen molar-refractivity contribution in [2.75, 3.05) is 6.54 Å². The van der Waals surface area contributed by atoms with E-state index in [1.165, 1.54) is 6.33 Å². The van der Waals surface area contributed by atoms with Crippen LogP contribution in [0.1, 0.15) is 38.2 Å². The summed E-state index contributed by atoms with van der Waals surface area (Å²) in [6.07, 6.45) is -1.08. The number of hydrogen-bond acceptors (Lipinski definition) is 3. The zero-order valence-electron chi connectivity index (χ0n) is 15.8. The molecular weight excluding hydrogens is 369 g/mol. The molecule has 2 unspecified atom stereocenters. The van der Waals surface area contributed by atoms with Crippen molar-refractivity contribution in [1.29, 1.82) is 0 Å². The third-order valence-corrected chi connectivity index (χ3v) is 4.86. The number of guanidine groups is 1. The summed E-state index contributed by atoms with van der Waals surface area (Å²) in [5, 5.41) is 13.0. The quantitative estimate of drug-likeness (QED) is 0.534. The highest BCUT2D eigenvalue weighted by molar-refractivity contribution is 5.80. The molecule has 1 heterocycles. The van der Waals surface area contributed by atoms with Crippen LogP contribution in [0.4, 0.5) is 13.2 Å². The van der Waals surface area contributed by atoms with Gasteiger partial charge in [0, 0.05) is 18.2 Å². The SMILES string of the molecule is CCNC(=NCc1cccc(-c2ncn[nH]2)c1)NC1CCCC(C(F)(F)F)C1. The molecule has 3 rings (SSSR count).